The van der Waals surface area contributed by atoms with Gasteiger partial charge in [0.05, 0.1) is 0 Å². The van der Waals surface area contributed by atoms with Gasteiger partial charge < -0.3 is 20.4 Å². The zero-order valence-electron chi connectivity index (χ0n) is 13.5. The first-order valence-electron chi connectivity index (χ1n) is 7.70. The van der Waals surface area contributed by atoms with E-state index >= 15 is 0 Å². The van der Waals surface area contributed by atoms with E-state index in [2.05, 4.69) is 5.32 Å². The van der Waals surface area contributed by atoms with Gasteiger partial charge in [0, 0.05) is 25.2 Å². The Kier molecular flexibility index (Phi) is 6.32. The predicted molar refractivity (Wildman–Crippen MR) is 94.7 cm³/mol. The average molecular weight is 349 g/mol. The highest BCUT2D eigenvalue weighted by Gasteiger charge is 2.08. The van der Waals surface area contributed by atoms with Crippen molar-refractivity contribution in [1.82, 2.24) is 10.2 Å². The number of aromatic hydroxyl groups is 2. The molecule has 0 atom stereocenters. The van der Waals surface area contributed by atoms with E-state index in [-0.39, 0.29) is 17.5 Å². The minimum atomic E-state index is -0.150. The van der Waals surface area contributed by atoms with Gasteiger partial charge >= 0.3 is 6.03 Å². The van der Waals surface area contributed by atoms with Crippen LogP contribution in [0.5, 0.6) is 11.5 Å². The normalized spacial score (nSPS) is 10.4. The van der Waals surface area contributed by atoms with Gasteiger partial charge in [-0.05, 0) is 48.2 Å². The van der Waals surface area contributed by atoms with Crippen molar-refractivity contribution in [1.29, 1.82) is 0 Å². The SMILES string of the molecule is CN(CCc1ccc(O)c(O)c1)C(=O)NCCc1ccc(Cl)cc1. The first-order chi connectivity index (χ1) is 11.5. The third-order valence-electron chi connectivity index (χ3n) is 3.73. The number of carbonyl (C=O) groups excluding carboxylic acids is 1. The lowest BCUT2D eigenvalue weighted by molar-refractivity contribution is 0.209. The molecule has 0 aliphatic heterocycles. The number of hydrogen-bond acceptors (Lipinski definition) is 3. The summed E-state index contributed by atoms with van der Waals surface area (Å²) < 4.78 is 0. The number of nitrogens with zero attached hydrogens (tertiary/aromatic N) is 1. The number of hydrogen-bond donors (Lipinski definition) is 3. The molecule has 2 aromatic carbocycles. The van der Waals surface area contributed by atoms with Crippen molar-refractivity contribution in [2.45, 2.75) is 12.8 Å². The number of carbonyl (C=O) groups is 1. The summed E-state index contributed by atoms with van der Waals surface area (Å²) >= 11 is 5.84. The van der Waals surface area contributed by atoms with Gasteiger partial charge in [0.25, 0.3) is 0 Å². The Morgan fingerprint density at radius 1 is 1.04 bits per heavy atom. The Hall–Kier alpha value is -2.40. The molecule has 128 valence electrons. The number of phenols is 2. The van der Waals surface area contributed by atoms with Crippen LogP contribution < -0.4 is 5.32 Å². The summed E-state index contributed by atoms with van der Waals surface area (Å²) in [5, 5.41) is 22.3. The molecule has 2 aromatic rings. The van der Waals surface area contributed by atoms with Gasteiger partial charge in [0.1, 0.15) is 0 Å². The number of urea groups is 1. The number of nitrogens with one attached hydrogen (secondary N) is 1. The summed E-state index contributed by atoms with van der Waals surface area (Å²) in [7, 11) is 1.72. The van der Waals surface area contributed by atoms with Crippen molar-refractivity contribution >= 4 is 17.6 Å². The second-order valence-corrected chi connectivity index (χ2v) is 6.04. The summed E-state index contributed by atoms with van der Waals surface area (Å²) in [6, 6.07) is 12.1. The van der Waals surface area contributed by atoms with Gasteiger partial charge in [-0.25, -0.2) is 4.79 Å². The monoisotopic (exact) mass is 348 g/mol. The lowest BCUT2D eigenvalue weighted by Crippen LogP contribution is -2.39. The largest absolute Gasteiger partial charge is 0.504 e. The predicted octanol–water partition coefficient (Wildman–Crippen LogP) is 3.18. The van der Waals surface area contributed by atoms with Crippen molar-refractivity contribution in [3.63, 3.8) is 0 Å². The molecule has 0 bridgehead atoms. The van der Waals surface area contributed by atoms with Gasteiger partial charge in [-0.15, -0.1) is 0 Å². The maximum atomic E-state index is 12.0. The minimum absolute atomic E-state index is 0.146. The first-order valence-corrected chi connectivity index (χ1v) is 8.08. The third-order valence-corrected chi connectivity index (χ3v) is 3.98. The van der Waals surface area contributed by atoms with Crippen LogP contribution in [-0.4, -0.2) is 41.3 Å². The molecule has 0 saturated heterocycles. The second-order valence-electron chi connectivity index (χ2n) is 5.60. The fourth-order valence-electron chi connectivity index (χ4n) is 2.22. The topological polar surface area (TPSA) is 72.8 Å². The maximum absolute atomic E-state index is 12.0. The molecule has 24 heavy (non-hydrogen) atoms. The highest BCUT2D eigenvalue weighted by molar-refractivity contribution is 6.30. The first kappa shape index (κ1) is 17.9. The van der Waals surface area contributed by atoms with Crippen LogP contribution in [0.15, 0.2) is 42.5 Å². The van der Waals surface area contributed by atoms with E-state index in [4.69, 9.17) is 11.6 Å². The molecule has 5 nitrogen and oxygen atoms in total. The Balaban J connectivity index is 1.73. The average Bonchev–Trinajstić information content (AvgIpc) is 2.57. The Morgan fingerprint density at radius 2 is 1.71 bits per heavy atom. The number of benzene rings is 2. The molecule has 0 radical (unpaired) electrons. The third kappa shape index (κ3) is 5.35. The zero-order chi connectivity index (χ0) is 17.5. The summed E-state index contributed by atoms with van der Waals surface area (Å²) in [6.45, 7) is 1.06. The van der Waals surface area contributed by atoms with Crippen LogP contribution in [0.25, 0.3) is 0 Å². The number of phenolic OH excluding ortho intramolecular Hbond substituents is 2. The van der Waals surface area contributed by atoms with E-state index in [0.717, 1.165) is 17.5 Å². The van der Waals surface area contributed by atoms with Crippen LogP contribution in [0.1, 0.15) is 11.1 Å². The van der Waals surface area contributed by atoms with Crippen LogP contribution in [0.2, 0.25) is 5.02 Å². The standard InChI is InChI=1S/C18H21ClN2O3/c1-21(11-9-14-4-7-16(22)17(23)12-14)18(24)20-10-8-13-2-5-15(19)6-3-13/h2-7,12,22-23H,8-11H2,1H3,(H,20,24). The van der Waals surface area contributed by atoms with Gasteiger partial charge in [0.15, 0.2) is 11.5 Å². The smallest absolute Gasteiger partial charge is 0.317 e. The molecule has 3 N–H and O–H groups in total. The molecule has 0 saturated carbocycles. The number of halogens is 1. The molecule has 0 unspecified atom stereocenters. The van der Waals surface area contributed by atoms with E-state index in [9.17, 15) is 15.0 Å². The van der Waals surface area contributed by atoms with Crippen LogP contribution in [0.4, 0.5) is 4.79 Å². The molecule has 6 heteroatoms. The van der Waals surface area contributed by atoms with E-state index in [1.807, 2.05) is 24.3 Å². The minimum Gasteiger partial charge on any atom is -0.504 e. The van der Waals surface area contributed by atoms with Gasteiger partial charge in [0.2, 0.25) is 0 Å². The summed E-state index contributed by atoms with van der Waals surface area (Å²) in [5.41, 5.74) is 1.97. The van der Waals surface area contributed by atoms with Crippen molar-refractivity contribution in [2.24, 2.45) is 0 Å². The fourth-order valence-corrected chi connectivity index (χ4v) is 2.35. The van der Waals surface area contributed by atoms with E-state index in [1.165, 1.54) is 12.1 Å². The van der Waals surface area contributed by atoms with E-state index in [0.29, 0.717) is 24.5 Å². The van der Waals surface area contributed by atoms with E-state index in [1.54, 1.807) is 18.0 Å². The molecule has 0 spiro atoms. The molecular weight excluding hydrogens is 328 g/mol. The molecule has 0 fully saturated rings. The molecule has 0 aliphatic carbocycles. The Morgan fingerprint density at radius 3 is 2.38 bits per heavy atom. The fraction of sp³-hybridized carbons (Fsp3) is 0.278. The van der Waals surface area contributed by atoms with Crippen molar-refractivity contribution in [2.75, 3.05) is 20.1 Å². The molecule has 0 aromatic heterocycles. The summed E-state index contributed by atoms with van der Waals surface area (Å²) in [6.07, 6.45) is 1.33. The molecule has 2 rings (SSSR count). The van der Waals surface area contributed by atoms with Crippen molar-refractivity contribution in [3.8, 4) is 11.5 Å². The highest BCUT2D eigenvalue weighted by Crippen LogP contribution is 2.25. The second kappa shape index (κ2) is 8.45. The number of amides is 2. The van der Waals surface area contributed by atoms with Crippen LogP contribution >= 0.6 is 11.6 Å². The molecule has 0 heterocycles. The summed E-state index contributed by atoms with van der Waals surface area (Å²) in [4.78, 5) is 13.6. The van der Waals surface area contributed by atoms with Crippen molar-refractivity contribution in [3.05, 3.63) is 58.6 Å². The van der Waals surface area contributed by atoms with Crippen LogP contribution in [0.3, 0.4) is 0 Å². The quantitative estimate of drug-likeness (QED) is 0.702. The Labute approximate surface area is 146 Å². The van der Waals surface area contributed by atoms with E-state index < -0.39 is 0 Å². The Bertz CT molecular complexity index is 689. The molecule has 2 amide bonds. The maximum Gasteiger partial charge on any atom is 0.317 e. The van der Waals surface area contributed by atoms with Gasteiger partial charge in [-0.2, -0.15) is 0 Å². The van der Waals surface area contributed by atoms with Gasteiger partial charge in [-0.3, -0.25) is 0 Å². The highest BCUT2D eigenvalue weighted by atomic mass is 35.5. The lowest BCUT2D eigenvalue weighted by Gasteiger charge is -2.18. The lowest BCUT2D eigenvalue weighted by atomic mass is 10.1. The van der Waals surface area contributed by atoms with Gasteiger partial charge in [-0.1, -0.05) is 29.8 Å². The zero-order valence-corrected chi connectivity index (χ0v) is 14.3. The number of rotatable bonds is 6. The summed E-state index contributed by atoms with van der Waals surface area (Å²) in [5.74, 6) is -0.297. The van der Waals surface area contributed by atoms with Crippen LogP contribution in [-0.2, 0) is 12.8 Å². The number of likely N-dealkylation sites (N-methyl/N-ethyl adjacent to an activating group) is 1. The van der Waals surface area contributed by atoms with Crippen molar-refractivity contribution < 1.29 is 15.0 Å². The molecular formula is C18H21ClN2O3. The van der Waals surface area contributed by atoms with Crippen LogP contribution in [0, 0.1) is 0 Å². The molecule has 0 aliphatic rings.